The van der Waals surface area contributed by atoms with Gasteiger partial charge in [-0.15, -0.1) is 0 Å². The normalized spacial score (nSPS) is 25.8. The Morgan fingerprint density at radius 2 is 1.86 bits per heavy atom. The van der Waals surface area contributed by atoms with Crippen molar-refractivity contribution in [2.45, 2.75) is 44.3 Å². The number of nitrogens with zero attached hydrogens (tertiary/aromatic N) is 1. The van der Waals surface area contributed by atoms with Crippen LogP contribution in [-0.2, 0) is 25.5 Å². The quantitative estimate of drug-likeness (QED) is 0.592. The van der Waals surface area contributed by atoms with Crippen LogP contribution in [0.4, 0.5) is 0 Å². The number of carboxylic acid groups (broad SMARTS) is 2. The topological polar surface area (TPSA) is 116 Å². The SMILES string of the molecule is C[C@H](NC(CCc1ccccc1)C(=O)O)C(=O)N1CC2COCC2C[C@H]1C(=O)O. The third-order valence-electron chi connectivity index (χ3n) is 5.92. The van der Waals surface area contributed by atoms with Crippen molar-refractivity contribution in [1.29, 1.82) is 0 Å². The summed E-state index contributed by atoms with van der Waals surface area (Å²) in [5, 5.41) is 22.0. The predicted molar refractivity (Wildman–Crippen MR) is 104 cm³/mol. The van der Waals surface area contributed by atoms with Crippen molar-refractivity contribution in [3.05, 3.63) is 35.9 Å². The third-order valence-corrected chi connectivity index (χ3v) is 5.92. The summed E-state index contributed by atoms with van der Waals surface area (Å²) < 4.78 is 5.45. The van der Waals surface area contributed by atoms with E-state index in [0.717, 1.165) is 5.56 Å². The molecule has 1 amide bonds. The molecule has 2 aliphatic heterocycles. The molecule has 8 heteroatoms. The summed E-state index contributed by atoms with van der Waals surface area (Å²) in [5.74, 6) is -2.15. The van der Waals surface area contributed by atoms with E-state index < -0.39 is 30.1 Å². The van der Waals surface area contributed by atoms with Crippen LogP contribution >= 0.6 is 0 Å². The number of amides is 1. The van der Waals surface area contributed by atoms with Gasteiger partial charge in [0, 0.05) is 19.1 Å². The van der Waals surface area contributed by atoms with Gasteiger partial charge in [-0.2, -0.15) is 0 Å². The van der Waals surface area contributed by atoms with Gasteiger partial charge < -0.3 is 19.8 Å². The van der Waals surface area contributed by atoms with Gasteiger partial charge in [-0.3, -0.25) is 14.9 Å². The number of piperidine rings is 1. The van der Waals surface area contributed by atoms with Gasteiger partial charge in [-0.1, -0.05) is 30.3 Å². The molecule has 8 nitrogen and oxygen atoms in total. The molecule has 0 saturated carbocycles. The molecule has 0 aliphatic carbocycles. The van der Waals surface area contributed by atoms with Crippen molar-refractivity contribution in [3.8, 4) is 0 Å². The fourth-order valence-electron chi connectivity index (χ4n) is 4.23. The van der Waals surface area contributed by atoms with E-state index in [2.05, 4.69) is 5.32 Å². The number of aryl methyl sites for hydroxylation is 1. The van der Waals surface area contributed by atoms with Gasteiger partial charge in [0.15, 0.2) is 0 Å². The Kier molecular flexibility index (Phi) is 6.87. The van der Waals surface area contributed by atoms with Gasteiger partial charge >= 0.3 is 11.9 Å². The van der Waals surface area contributed by atoms with E-state index in [-0.39, 0.29) is 17.7 Å². The van der Waals surface area contributed by atoms with E-state index in [1.54, 1.807) is 6.92 Å². The van der Waals surface area contributed by atoms with Gasteiger partial charge in [0.1, 0.15) is 12.1 Å². The maximum atomic E-state index is 13.0. The Balaban J connectivity index is 1.63. The Morgan fingerprint density at radius 1 is 1.17 bits per heavy atom. The van der Waals surface area contributed by atoms with Crippen LogP contribution in [0.25, 0.3) is 0 Å². The number of hydrogen-bond donors (Lipinski definition) is 3. The van der Waals surface area contributed by atoms with Crippen LogP contribution in [-0.4, -0.2) is 70.8 Å². The number of carbonyl (C=O) groups excluding carboxylic acids is 1. The number of ether oxygens (including phenoxy) is 1. The minimum Gasteiger partial charge on any atom is -0.480 e. The highest BCUT2D eigenvalue weighted by atomic mass is 16.5. The van der Waals surface area contributed by atoms with Crippen molar-refractivity contribution >= 4 is 17.8 Å². The van der Waals surface area contributed by atoms with E-state index in [4.69, 9.17) is 4.74 Å². The van der Waals surface area contributed by atoms with E-state index >= 15 is 0 Å². The summed E-state index contributed by atoms with van der Waals surface area (Å²) in [7, 11) is 0. The molecule has 1 aromatic rings. The summed E-state index contributed by atoms with van der Waals surface area (Å²) in [6.07, 6.45) is 1.26. The van der Waals surface area contributed by atoms with Crippen LogP contribution in [0.15, 0.2) is 30.3 Å². The first-order valence-corrected chi connectivity index (χ1v) is 10.0. The van der Waals surface area contributed by atoms with Crippen molar-refractivity contribution in [3.63, 3.8) is 0 Å². The molecule has 29 heavy (non-hydrogen) atoms. The fourth-order valence-corrected chi connectivity index (χ4v) is 4.23. The number of hydrogen-bond acceptors (Lipinski definition) is 5. The summed E-state index contributed by atoms with van der Waals surface area (Å²) in [4.78, 5) is 37.8. The fraction of sp³-hybridized carbons (Fsp3) is 0.571. The highest BCUT2D eigenvalue weighted by Crippen LogP contribution is 2.33. The van der Waals surface area contributed by atoms with E-state index in [1.807, 2.05) is 30.3 Å². The molecule has 0 spiro atoms. The van der Waals surface area contributed by atoms with Crippen molar-refractivity contribution in [2.75, 3.05) is 19.8 Å². The Bertz CT molecular complexity index is 740. The minimum atomic E-state index is -1.03. The molecule has 158 valence electrons. The summed E-state index contributed by atoms with van der Waals surface area (Å²) >= 11 is 0. The maximum absolute atomic E-state index is 13.0. The second-order valence-electron chi connectivity index (χ2n) is 7.94. The molecule has 3 unspecified atom stereocenters. The first-order chi connectivity index (χ1) is 13.9. The molecule has 3 rings (SSSR count). The Hall–Kier alpha value is -2.45. The molecule has 0 radical (unpaired) electrons. The van der Waals surface area contributed by atoms with Crippen molar-refractivity contribution in [2.24, 2.45) is 11.8 Å². The standard InChI is InChI=1S/C21H28N2O6/c1-13(22-17(20(25)26)8-7-14-5-3-2-4-6-14)19(24)23-10-16-12-29-11-15(16)9-18(23)21(27)28/h2-6,13,15-18,22H,7-12H2,1H3,(H,25,26)(H,27,28)/t13-,15?,16?,17?,18-/m0/s1. The molecular weight excluding hydrogens is 376 g/mol. The monoisotopic (exact) mass is 404 g/mol. The average Bonchev–Trinajstić information content (AvgIpc) is 3.17. The van der Waals surface area contributed by atoms with Crippen LogP contribution in [0.3, 0.4) is 0 Å². The molecule has 5 atom stereocenters. The lowest BCUT2D eigenvalue weighted by Crippen LogP contribution is -2.59. The first-order valence-electron chi connectivity index (χ1n) is 10.0. The number of benzene rings is 1. The molecular formula is C21H28N2O6. The first kappa shape index (κ1) is 21.3. The Labute approximate surface area is 169 Å². The maximum Gasteiger partial charge on any atom is 0.326 e. The number of likely N-dealkylation sites (tertiary alicyclic amines) is 1. The molecule has 2 heterocycles. The Morgan fingerprint density at radius 3 is 2.52 bits per heavy atom. The molecule has 0 bridgehead atoms. The van der Waals surface area contributed by atoms with Gasteiger partial charge in [0.2, 0.25) is 5.91 Å². The van der Waals surface area contributed by atoms with Crippen LogP contribution in [0.5, 0.6) is 0 Å². The van der Waals surface area contributed by atoms with Gasteiger partial charge in [-0.25, -0.2) is 4.79 Å². The van der Waals surface area contributed by atoms with E-state index in [9.17, 15) is 24.6 Å². The molecule has 3 N–H and O–H groups in total. The zero-order valence-corrected chi connectivity index (χ0v) is 16.5. The minimum absolute atomic E-state index is 0.134. The zero-order valence-electron chi connectivity index (χ0n) is 16.5. The lowest BCUT2D eigenvalue weighted by molar-refractivity contribution is -0.155. The highest BCUT2D eigenvalue weighted by Gasteiger charge is 2.44. The molecule has 1 aromatic carbocycles. The number of rotatable bonds is 8. The second kappa shape index (κ2) is 9.37. The van der Waals surface area contributed by atoms with Gasteiger partial charge in [0.25, 0.3) is 0 Å². The summed E-state index contributed by atoms with van der Waals surface area (Å²) in [5.41, 5.74) is 1.02. The van der Waals surface area contributed by atoms with Gasteiger partial charge in [-0.05, 0) is 37.7 Å². The number of aliphatic carboxylic acids is 2. The summed E-state index contributed by atoms with van der Waals surface area (Å²) in [6, 6.07) is 6.95. The van der Waals surface area contributed by atoms with Crippen molar-refractivity contribution < 1.29 is 29.3 Å². The second-order valence-corrected chi connectivity index (χ2v) is 7.94. The van der Waals surface area contributed by atoms with Crippen molar-refractivity contribution in [1.82, 2.24) is 10.2 Å². The molecule has 2 fully saturated rings. The van der Waals surface area contributed by atoms with Crippen LogP contribution in [0, 0.1) is 11.8 Å². The zero-order chi connectivity index (χ0) is 21.0. The van der Waals surface area contributed by atoms with E-state index in [1.165, 1.54) is 4.90 Å². The molecule has 0 aromatic heterocycles. The van der Waals surface area contributed by atoms with Crippen LogP contribution in [0.2, 0.25) is 0 Å². The van der Waals surface area contributed by atoms with Crippen LogP contribution in [0.1, 0.15) is 25.3 Å². The third kappa shape index (κ3) is 5.13. The van der Waals surface area contributed by atoms with Crippen LogP contribution < -0.4 is 5.32 Å². The smallest absolute Gasteiger partial charge is 0.326 e. The largest absolute Gasteiger partial charge is 0.480 e. The highest BCUT2D eigenvalue weighted by molar-refractivity contribution is 5.87. The number of nitrogens with one attached hydrogen (secondary N) is 1. The molecule has 2 saturated heterocycles. The van der Waals surface area contributed by atoms with Gasteiger partial charge in [0.05, 0.1) is 12.6 Å². The van der Waals surface area contributed by atoms with E-state index in [0.29, 0.717) is 39.0 Å². The average molecular weight is 404 g/mol. The lowest BCUT2D eigenvalue weighted by atomic mass is 9.84. The lowest BCUT2D eigenvalue weighted by Gasteiger charge is -2.40. The molecule has 2 aliphatic rings. The number of carboxylic acids is 2. The predicted octanol–water partition coefficient (Wildman–Crippen LogP) is 0.999. The number of fused-ring (bicyclic) bond motifs is 1. The summed E-state index contributed by atoms with van der Waals surface area (Å²) in [6.45, 7) is 2.98. The number of carbonyl (C=O) groups is 3.